The Morgan fingerprint density at radius 2 is 0.978 bits per heavy atom. The number of hydrogen-bond acceptors (Lipinski definition) is 3. The Morgan fingerprint density at radius 3 is 1.82 bits per heavy atom. The van der Waals surface area contributed by atoms with E-state index in [-0.39, 0.29) is 14.5 Å². The molecule has 0 saturated heterocycles. The molecule has 7 aromatic carbocycles. The first kappa shape index (κ1) is 26.0. The van der Waals surface area contributed by atoms with Gasteiger partial charge in [0.1, 0.15) is 0 Å². The van der Waals surface area contributed by atoms with Crippen LogP contribution in [0.4, 0.5) is 0 Å². The monoisotopic (exact) mass is 639 g/mol. The zero-order valence-corrected chi connectivity index (χ0v) is 25.9. The van der Waals surface area contributed by atoms with Gasteiger partial charge < -0.3 is 0 Å². The van der Waals surface area contributed by atoms with Crippen LogP contribution in [0.2, 0.25) is 0 Å². The maximum atomic E-state index is 5.12. The molecule has 0 bridgehead atoms. The predicted molar refractivity (Wildman–Crippen MR) is 189 cm³/mol. The second-order valence-corrected chi connectivity index (χ2v) is 13.4. The first-order valence-electron chi connectivity index (χ1n) is 15.0. The molecule has 0 spiro atoms. The molecule has 3 nitrogen and oxygen atoms in total. The Bertz CT molecular complexity index is 2550. The molecule has 2 heterocycles. The van der Waals surface area contributed by atoms with Gasteiger partial charge in [0.2, 0.25) is 0 Å². The maximum absolute atomic E-state index is 5.12. The van der Waals surface area contributed by atoms with Crippen molar-refractivity contribution in [3.63, 3.8) is 0 Å². The van der Waals surface area contributed by atoms with Gasteiger partial charge in [-0.2, -0.15) is 0 Å². The van der Waals surface area contributed by atoms with E-state index in [9.17, 15) is 0 Å². The normalized spacial score (nSPS) is 11.6. The van der Waals surface area contributed by atoms with E-state index in [2.05, 4.69) is 133 Å². The molecule has 0 aliphatic heterocycles. The van der Waals surface area contributed by atoms with Gasteiger partial charge in [0, 0.05) is 0 Å². The van der Waals surface area contributed by atoms with Gasteiger partial charge in [0.25, 0.3) is 0 Å². The van der Waals surface area contributed by atoms with Crippen LogP contribution in [0.5, 0.6) is 0 Å². The van der Waals surface area contributed by atoms with Gasteiger partial charge in [-0.1, -0.05) is 30.3 Å². The van der Waals surface area contributed by atoms with Crippen molar-refractivity contribution < 1.29 is 0 Å². The third-order valence-electron chi connectivity index (χ3n) is 8.53. The van der Waals surface area contributed by atoms with Crippen LogP contribution < -0.4 is 0 Å². The van der Waals surface area contributed by atoms with Crippen LogP contribution >= 0.6 is 0 Å². The number of fused-ring (bicyclic) bond motifs is 5. The van der Waals surface area contributed by atoms with Crippen LogP contribution in [-0.4, -0.2) is 29.5 Å². The fraction of sp³-hybridized carbons (Fsp3) is 0. The number of nitrogens with zero attached hydrogens (tertiary/aromatic N) is 3. The van der Waals surface area contributed by atoms with Crippen molar-refractivity contribution >= 4 is 55.3 Å². The Morgan fingerprint density at radius 1 is 0.356 bits per heavy atom. The second kappa shape index (κ2) is 10.6. The van der Waals surface area contributed by atoms with Crippen molar-refractivity contribution in [2.24, 2.45) is 0 Å². The van der Waals surface area contributed by atoms with E-state index in [1.807, 2.05) is 18.2 Å². The molecule has 45 heavy (non-hydrogen) atoms. The van der Waals surface area contributed by atoms with Crippen molar-refractivity contribution in [1.82, 2.24) is 15.0 Å². The minimum absolute atomic E-state index is 0.260. The molecule has 0 N–H and O–H groups in total. The minimum atomic E-state index is 0.260. The Kier molecular flexibility index (Phi) is 6.15. The average molecular weight is 639 g/mol. The molecule has 9 aromatic rings. The van der Waals surface area contributed by atoms with Crippen molar-refractivity contribution in [2.45, 2.75) is 0 Å². The summed E-state index contributed by atoms with van der Waals surface area (Å²) in [6.07, 6.45) is 0. The van der Waals surface area contributed by atoms with Crippen LogP contribution in [0.15, 0.2) is 152 Å². The van der Waals surface area contributed by atoms with Gasteiger partial charge in [-0.15, -0.1) is 0 Å². The van der Waals surface area contributed by atoms with Gasteiger partial charge >= 0.3 is 232 Å². The molecule has 0 saturated carbocycles. The summed E-state index contributed by atoms with van der Waals surface area (Å²) in [6.45, 7) is 0. The van der Waals surface area contributed by atoms with E-state index in [1.54, 1.807) is 0 Å². The number of rotatable bonds is 4. The van der Waals surface area contributed by atoms with Crippen LogP contribution in [-0.2, 0) is 0 Å². The second-order valence-electron chi connectivity index (χ2n) is 11.2. The van der Waals surface area contributed by atoms with Crippen LogP contribution in [0.25, 0.3) is 86.1 Å². The predicted octanol–water partition coefficient (Wildman–Crippen LogP) is 10.2. The number of hydrogen-bond donors (Lipinski definition) is 0. The number of aromatic nitrogens is 3. The van der Waals surface area contributed by atoms with E-state index in [1.165, 1.54) is 41.2 Å². The Balaban J connectivity index is 1.27. The molecule has 0 aliphatic carbocycles. The molecule has 4 heteroatoms. The van der Waals surface area contributed by atoms with Crippen molar-refractivity contribution in [3.8, 4) is 45.3 Å². The third-order valence-corrected chi connectivity index (χ3v) is 11.1. The first-order valence-corrected chi connectivity index (χ1v) is 16.7. The van der Waals surface area contributed by atoms with Crippen molar-refractivity contribution in [2.75, 3.05) is 0 Å². The van der Waals surface area contributed by atoms with Gasteiger partial charge in [0.05, 0.1) is 0 Å². The summed E-state index contributed by atoms with van der Waals surface area (Å²) >= 11 is 0.260. The molecule has 0 fully saturated rings. The summed E-state index contributed by atoms with van der Waals surface area (Å²) in [5.41, 5.74) is 5.48. The third kappa shape index (κ3) is 4.46. The standard InChI is InChI=1S/C41H25N3Se/c1-2-12-27(13-3-1)39-42-40(29-22-21-26-11-4-5-14-28(26)25-29)44-41(43-39)36-24-23-32(30-15-6-7-16-31(30)36)34-18-10-19-35-33-17-8-9-20-37(33)45-38(34)35/h1-25H. The molecule has 0 aliphatic rings. The Labute approximate surface area is 266 Å². The topological polar surface area (TPSA) is 38.7 Å². The Hall–Kier alpha value is -5.41. The van der Waals surface area contributed by atoms with E-state index < -0.39 is 0 Å². The fourth-order valence-electron chi connectivity index (χ4n) is 6.36. The van der Waals surface area contributed by atoms with Crippen molar-refractivity contribution in [1.29, 1.82) is 0 Å². The van der Waals surface area contributed by atoms with Gasteiger partial charge in [0.15, 0.2) is 0 Å². The van der Waals surface area contributed by atoms with E-state index in [4.69, 9.17) is 15.0 Å². The molecule has 210 valence electrons. The molecule has 0 radical (unpaired) electrons. The zero-order valence-electron chi connectivity index (χ0n) is 24.2. The van der Waals surface area contributed by atoms with E-state index in [0.717, 1.165) is 27.5 Å². The molecular formula is C41H25N3Se. The van der Waals surface area contributed by atoms with Gasteiger partial charge in [-0.05, 0) is 5.39 Å². The summed E-state index contributed by atoms with van der Waals surface area (Å²) < 4.78 is 2.91. The average Bonchev–Trinajstić information content (AvgIpc) is 3.50. The number of benzene rings is 7. The van der Waals surface area contributed by atoms with Crippen LogP contribution in [0.1, 0.15) is 0 Å². The molecule has 0 unspecified atom stereocenters. The summed E-state index contributed by atoms with van der Waals surface area (Å²) in [5.74, 6) is 2.00. The van der Waals surface area contributed by atoms with Gasteiger partial charge in [-0.25, -0.2) is 0 Å². The summed E-state index contributed by atoms with van der Waals surface area (Å²) in [5, 5.41) is 7.41. The van der Waals surface area contributed by atoms with Crippen molar-refractivity contribution in [3.05, 3.63) is 152 Å². The molecular weight excluding hydrogens is 613 g/mol. The van der Waals surface area contributed by atoms with Crippen LogP contribution in [0.3, 0.4) is 0 Å². The summed E-state index contributed by atoms with van der Waals surface area (Å²) in [6, 6.07) is 53.7. The molecule has 2 aromatic heterocycles. The zero-order chi connectivity index (χ0) is 29.7. The summed E-state index contributed by atoms with van der Waals surface area (Å²) in [4.78, 5) is 15.2. The molecule has 9 rings (SSSR count). The quantitative estimate of drug-likeness (QED) is 0.180. The molecule has 0 atom stereocenters. The van der Waals surface area contributed by atoms with E-state index in [0.29, 0.717) is 17.5 Å². The van der Waals surface area contributed by atoms with E-state index >= 15 is 0 Å². The fourth-order valence-corrected chi connectivity index (χ4v) is 8.94. The SMILES string of the molecule is c1ccc(-c2nc(-c3ccc4ccccc4c3)nc(-c3ccc(-c4cccc5c4[se]c4ccccc45)c4ccccc34)n2)cc1. The first-order chi connectivity index (χ1) is 22.3. The molecule has 0 amide bonds. The van der Waals surface area contributed by atoms with Gasteiger partial charge in [-0.3, -0.25) is 0 Å². The van der Waals surface area contributed by atoms with Crippen LogP contribution in [0, 0.1) is 0 Å². The summed E-state index contributed by atoms with van der Waals surface area (Å²) in [7, 11) is 0.